The number of hydrogen-bond donors (Lipinski definition) is 0. The molecule has 0 aromatic carbocycles. The van der Waals surface area contributed by atoms with Gasteiger partial charge in [0.05, 0.1) is 21.5 Å². The fourth-order valence-corrected chi connectivity index (χ4v) is 4.02. The summed E-state index contributed by atoms with van der Waals surface area (Å²) in [7, 11) is 0. The van der Waals surface area contributed by atoms with Crippen molar-refractivity contribution in [3.05, 3.63) is 24.3 Å². The highest BCUT2D eigenvalue weighted by atomic mass is 35.5. The summed E-state index contributed by atoms with van der Waals surface area (Å²) in [5, 5.41) is -2.35. The zero-order valence-electron chi connectivity index (χ0n) is 11.5. The van der Waals surface area contributed by atoms with E-state index in [1.165, 1.54) is 24.3 Å². The topological polar surface area (TPSA) is 43.4 Å². The number of ether oxygens (including phenoxy) is 1. The summed E-state index contributed by atoms with van der Waals surface area (Å²) in [6.07, 6.45) is 6.22. The van der Waals surface area contributed by atoms with Crippen LogP contribution in [0.1, 0.15) is 12.8 Å². The molecule has 2 rings (SSSR count). The van der Waals surface area contributed by atoms with Crippen molar-refractivity contribution in [2.24, 2.45) is 0 Å². The highest BCUT2D eigenvalue weighted by Crippen LogP contribution is 2.39. The molecule has 0 N–H and O–H groups in total. The van der Waals surface area contributed by atoms with Crippen molar-refractivity contribution in [1.82, 2.24) is 0 Å². The van der Waals surface area contributed by atoms with E-state index in [2.05, 4.69) is 0 Å². The van der Waals surface area contributed by atoms with Gasteiger partial charge < -0.3 is 4.74 Å². The van der Waals surface area contributed by atoms with Crippen LogP contribution >= 0.6 is 69.6 Å². The van der Waals surface area contributed by atoms with Crippen molar-refractivity contribution < 1.29 is 14.3 Å². The van der Waals surface area contributed by atoms with Gasteiger partial charge in [0.15, 0.2) is 9.75 Å². The smallest absolute Gasteiger partial charge is 0.340 e. The predicted molar refractivity (Wildman–Crippen MR) is 94.3 cm³/mol. The highest BCUT2D eigenvalue weighted by Gasteiger charge is 2.51. The van der Waals surface area contributed by atoms with Gasteiger partial charge in [-0.05, 0) is 12.8 Å². The first-order valence-corrected chi connectivity index (χ1v) is 9.19. The molecule has 0 aliphatic heterocycles. The summed E-state index contributed by atoms with van der Waals surface area (Å²) in [5.41, 5.74) is 0. The molecule has 9 heteroatoms. The van der Waals surface area contributed by atoms with Gasteiger partial charge in [-0.3, -0.25) is 0 Å². The minimum Gasteiger partial charge on any atom is -0.390 e. The zero-order valence-corrected chi connectivity index (χ0v) is 16.1. The van der Waals surface area contributed by atoms with Gasteiger partial charge in [0.25, 0.3) is 0 Å². The number of rotatable bonds is 2. The minimum absolute atomic E-state index is 0.254. The zero-order chi connectivity index (χ0) is 17.4. The molecule has 128 valence electrons. The van der Waals surface area contributed by atoms with Crippen LogP contribution in [0.2, 0.25) is 0 Å². The van der Waals surface area contributed by atoms with Crippen LogP contribution in [0.15, 0.2) is 24.3 Å². The molecular weight excluding hydrogens is 429 g/mol. The van der Waals surface area contributed by atoms with Crippen LogP contribution in [0.25, 0.3) is 0 Å². The predicted octanol–water partition coefficient (Wildman–Crippen LogP) is 4.36. The summed E-state index contributed by atoms with van der Waals surface area (Å²) in [6.45, 7) is 0. The maximum absolute atomic E-state index is 12.3. The molecule has 2 aliphatic rings. The molecule has 6 unspecified atom stereocenters. The van der Waals surface area contributed by atoms with Gasteiger partial charge in [0.1, 0.15) is 0 Å². The molecule has 0 amide bonds. The molecule has 6 atom stereocenters. The lowest BCUT2D eigenvalue weighted by atomic mass is 9.93. The Morgan fingerprint density at radius 1 is 0.826 bits per heavy atom. The molecule has 3 nitrogen and oxygen atoms in total. The number of halogens is 6. The first-order chi connectivity index (χ1) is 10.6. The Morgan fingerprint density at radius 3 is 1.48 bits per heavy atom. The van der Waals surface area contributed by atoms with Crippen molar-refractivity contribution in [2.45, 2.75) is 44.1 Å². The second-order valence-electron chi connectivity index (χ2n) is 5.37. The fourth-order valence-electron chi connectivity index (χ4n) is 2.23. The van der Waals surface area contributed by atoms with Crippen molar-refractivity contribution >= 4 is 81.5 Å². The number of alkyl halides is 6. The summed E-state index contributed by atoms with van der Waals surface area (Å²) in [6, 6.07) is 0. The van der Waals surface area contributed by atoms with Gasteiger partial charge in [0.2, 0.25) is 0 Å². The minimum atomic E-state index is -1.69. The van der Waals surface area contributed by atoms with Crippen LogP contribution in [0.5, 0.6) is 0 Å². The van der Waals surface area contributed by atoms with Crippen LogP contribution in [-0.4, -0.2) is 43.2 Å². The second-order valence-corrected chi connectivity index (χ2v) is 8.80. The first-order valence-electron chi connectivity index (χ1n) is 6.69. The van der Waals surface area contributed by atoms with Crippen molar-refractivity contribution in [1.29, 1.82) is 0 Å². The first kappa shape index (κ1) is 19.7. The number of carbonyl (C=O) groups excluding carboxylic acids is 2. The van der Waals surface area contributed by atoms with Gasteiger partial charge in [-0.2, -0.15) is 0 Å². The van der Waals surface area contributed by atoms with E-state index in [9.17, 15) is 9.59 Å². The molecule has 0 saturated heterocycles. The molecule has 0 saturated carbocycles. The Hall–Kier alpha value is 0.360. The lowest BCUT2D eigenvalue weighted by Gasteiger charge is -2.33. The van der Waals surface area contributed by atoms with E-state index in [0.717, 1.165) is 0 Å². The van der Waals surface area contributed by atoms with Crippen LogP contribution in [-0.2, 0) is 14.3 Å². The van der Waals surface area contributed by atoms with Gasteiger partial charge in [-0.25, -0.2) is 9.59 Å². The summed E-state index contributed by atoms with van der Waals surface area (Å²) in [4.78, 5) is 21.2. The Labute approximate surface area is 163 Å². The monoisotopic (exact) mass is 438 g/mol. The molecule has 0 radical (unpaired) electrons. The second kappa shape index (κ2) is 7.31. The fraction of sp³-hybridized carbons (Fsp3) is 0.571. The third kappa shape index (κ3) is 3.96. The third-order valence-electron chi connectivity index (χ3n) is 3.68. The van der Waals surface area contributed by atoms with E-state index < -0.39 is 32.4 Å². The van der Waals surface area contributed by atoms with Gasteiger partial charge in [0, 0.05) is 0 Å². The summed E-state index contributed by atoms with van der Waals surface area (Å²) < 4.78 is 4.85. The number of hydrogen-bond acceptors (Lipinski definition) is 3. The molecule has 23 heavy (non-hydrogen) atoms. The number of carbonyl (C=O) groups is 2. The highest BCUT2D eigenvalue weighted by molar-refractivity contribution is 6.45. The molecule has 0 spiro atoms. The number of esters is 2. The third-order valence-corrected chi connectivity index (χ3v) is 6.69. The van der Waals surface area contributed by atoms with E-state index in [1.807, 2.05) is 0 Å². The number of allylic oxidation sites excluding steroid dienone is 2. The molecule has 0 heterocycles. The molecule has 2 aliphatic carbocycles. The summed E-state index contributed by atoms with van der Waals surface area (Å²) >= 11 is 36.4. The van der Waals surface area contributed by atoms with Crippen molar-refractivity contribution in [3.63, 3.8) is 0 Å². The molecule has 0 bridgehead atoms. The largest absolute Gasteiger partial charge is 0.390 e. The van der Waals surface area contributed by atoms with Crippen LogP contribution < -0.4 is 0 Å². The lowest BCUT2D eigenvalue weighted by Crippen LogP contribution is -2.50. The Morgan fingerprint density at radius 2 is 1.17 bits per heavy atom. The molecule has 0 aromatic heterocycles. The van der Waals surface area contributed by atoms with Crippen LogP contribution in [0.4, 0.5) is 0 Å². The van der Waals surface area contributed by atoms with E-state index in [1.54, 1.807) is 0 Å². The SMILES string of the molecule is O=C(OC(=O)C1(Cl)C=CC(Cl)CC1Cl)C1(Cl)C=CC(Cl)CC1Cl. The van der Waals surface area contributed by atoms with E-state index in [0.29, 0.717) is 0 Å². The van der Waals surface area contributed by atoms with E-state index in [-0.39, 0.29) is 23.6 Å². The quantitative estimate of drug-likeness (QED) is 0.277. The van der Waals surface area contributed by atoms with Crippen molar-refractivity contribution in [3.8, 4) is 0 Å². The molecule has 0 fully saturated rings. The molecule has 0 aromatic rings. The lowest BCUT2D eigenvalue weighted by molar-refractivity contribution is -0.162. The maximum atomic E-state index is 12.3. The Kier molecular flexibility index (Phi) is 6.25. The normalized spacial score (nSPS) is 43.2. The summed E-state index contributed by atoms with van der Waals surface area (Å²) in [5.74, 6) is -2.04. The van der Waals surface area contributed by atoms with Gasteiger partial charge in [-0.1, -0.05) is 24.3 Å². The Bertz CT molecular complexity index is 517. The van der Waals surface area contributed by atoms with Crippen LogP contribution in [0, 0.1) is 0 Å². The van der Waals surface area contributed by atoms with Gasteiger partial charge >= 0.3 is 11.9 Å². The van der Waals surface area contributed by atoms with Crippen LogP contribution in [0.3, 0.4) is 0 Å². The standard InChI is InChI=1S/C14H12Cl6O3/c15-7-1-3-13(19,9(17)5-7)11(21)23-12(22)14(20)4-2-8(16)6-10(14)18/h1-4,7-10H,5-6H2. The average molecular weight is 441 g/mol. The maximum Gasteiger partial charge on any atom is 0.340 e. The molecular formula is C14H12Cl6O3. The van der Waals surface area contributed by atoms with Crippen molar-refractivity contribution in [2.75, 3.05) is 0 Å². The van der Waals surface area contributed by atoms with E-state index >= 15 is 0 Å². The Balaban J connectivity index is 2.15. The van der Waals surface area contributed by atoms with Gasteiger partial charge in [-0.15, -0.1) is 69.6 Å². The van der Waals surface area contributed by atoms with E-state index in [4.69, 9.17) is 74.3 Å². The average Bonchev–Trinajstić information content (AvgIpc) is 2.47.